The molecular weight excluding hydrogens is 214 g/mol. The number of carbonyl (C=O) groups is 1. The maximum absolute atomic E-state index is 11.6. The van der Waals surface area contributed by atoms with Gasteiger partial charge in [0.1, 0.15) is 0 Å². The van der Waals surface area contributed by atoms with Gasteiger partial charge in [0, 0.05) is 0 Å². The molecule has 3 nitrogen and oxygen atoms in total. The van der Waals surface area contributed by atoms with Gasteiger partial charge in [-0.1, -0.05) is 50.5 Å². The number of esters is 1. The first-order chi connectivity index (χ1) is 8.27. The number of hydrogen-bond acceptors (Lipinski definition) is 2. The van der Waals surface area contributed by atoms with Crippen molar-refractivity contribution in [1.29, 1.82) is 0 Å². The molecular formula is C14H17NO2. The Balaban J connectivity index is 2.34. The number of unbranched alkanes of at least 4 members (excludes halogenated alkanes) is 3. The van der Waals surface area contributed by atoms with E-state index in [0.717, 1.165) is 12.8 Å². The summed E-state index contributed by atoms with van der Waals surface area (Å²) in [7, 11) is 0. The second kappa shape index (κ2) is 7.45. The Bertz CT molecular complexity index is 390. The van der Waals surface area contributed by atoms with Gasteiger partial charge in [-0.15, -0.1) is 0 Å². The van der Waals surface area contributed by atoms with Crippen LogP contribution < -0.4 is 0 Å². The average Bonchev–Trinajstić information content (AvgIpc) is 2.38. The van der Waals surface area contributed by atoms with Gasteiger partial charge in [-0.2, -0.15) is 0 Å². The molecule has 0 atom stereocenters. The normalized spacial score (nSPS) is 9.65. The van der Waals surface area contributed by atoms with Crippen molar-refractivity contribution in [3.8, 4) is 0 Å². The number of rotatable bonds is 6. The van der Waals surface area contributed by atoms with Crippen LogP contribution in [0.25, 0.3) is 4.85 Å². The van der Waals surface area contributed by atoms with Crippen molar-refractivity contribution >= 4 is 11.7 Å². The van der Waals surface area contributed by atoms with Crippen LogP contribution in [0.5, 0.6) is 0 Å². The quantitative estimate of drug-likeness (QED) is 0.421. The summed E-state index contributed by atoms with van der Waals surface area (Å²) in [6.07, 6.45) is 4.36. The van der Waals surface area contributed by atoms with E-state index in [1.165, 1.54) is 12.8 Å². The molecule has 0 heterocycles. The molecule has 0 aromatic heterocycles. The van der Waals surface area contributed by atoms with E-state index < -0.39 is 0 Å². The summed E-state index contributed by atoms with van der Waals surface area (Å²) >= 11 is 0. The minimum Gasteiger partial charge on any atom is -0.462 e. The van der Waals surface area contributed by atoms with Crippen molar-refractivity contribution in [2.45, 2.75) is 32.6 Å². The minimum absolute atomic E-state index is 0.307. The first kappa shape index (κ1) is 13.2. The van der Waals surface area contributed by atoms with Crippen LogP contribution in [0, 0.1) is 6.57 Å². The Kier molecular flexibility index (Phi) is 5.81. The summed E-state index contributed by atoms with van der Waals surface area (Å²) in [4.78, 5) is 14.8. The van der Waals surface area contributed by atoms with Gasteiger partial charge in [0.2, 0.25) is 0 Å². The summed E-state index contributed by atoms with van der Waals surface area (Å²) < 4.78 is 5.13. The summed E-state index contributed by atoms with van der Waals surface area (Å²) in [5.74, 6) is -0.307. The Morgan fingerprint density at radius 3 is 2.53 bits per heavy atom. The van der Waals surface area contributed by atoms with Crippen molar-refractivity contribution in [2.24, 2.45) is 0 Å². The van der Waals surface area contributed by atoms with Gasteiger partial charge in [0.05, 0.1) is 18.7 Å². The molecule has 0 bridgehead atoms. The van der Waals surface area contributed by atoms with Gasteiger partial charge in [-0.25, -0.2) is 9.64 Å². The molecule has 0 spiro atoms. The summed E-state index contributed by atoms with van der Waals surface area (Å²) in [6.45, 7) is 9.43. The van der Waals surface area contributed by atoms with Crippen LogP contribution in [-0.4, -0.2) is 12.6 Å². The summed E-state index contributed by atoms with van der Waals surface area (Å²) in [6, 6.07) is 6.50. The molecule has 0 saturated carbocycles. The Labute approximate surface area is 102 Å². The third kappa shape index (κ3) is 4.69. The average molecular weight is 231 g/mol. The molecule has 3 heteroatoms. The first-order valence-electron chi connectivity index (χ1n) is 5.92. The number of benzene rings is 1. The monoisotopic (exact) mass is 231 g/mol. The van der Waals surface area contributed by atoms with Crippen LogP contribution in [0.3, 0.4) is 0 Å². The lowest BCUT2D eigenvalue weighted by Gasteiger charge is -2.04. The zero-order chi connectivity index (χ0) is 12.5. The predicted octanol–water partition coefficient (Wildman–Crippen LogP) is 3.97. The zero-order valence-electron chi connectivity index (χ0n) is 10.1. The number of hydrogen-bond donors (Lipinski definition) is 0. The topological polar surface area (TPSA) is 30.7 Å². The van der Waals surface area contributed by atoms with Crippen molar-refractivity contribution in [3.05, 3.63) is 41.2 Å². The first-order valence-corrected chi connectivity index (χ1v) is 5.92. The lowest BCUT2D eigenvalue weighted by molar-refractivity contribution is 0.0498. The highest BCUT2D eigenvalue weighted by Crippen LogP contribution is 2.13. The van der Waals surface area contributed by atoms with E-state index >= 15 is 0 Å². The van der Waals surface area contributed by atoms with Gasteiger partial charge in [-0.05, 0) is 6.42 Å². The molecule has 0 aliphatic heterocycles. The van der Waals surface area contributed by atoms with Crippen LogP contribution in [0.1, 0.15) is 43.0 Å². The maximum Gasteiger partial charge on any atom is 0.338 e. The molecule has 0 aliphatic rings. The summed E-state index contributed by atoms with van der Waals surface area (Å²) in [5.41, 5.74) is 1.04. The van der Waals surface area contributed by atoms with E-state index in [4.69, 9.17) is 11.3 Å². The fourth-order valence-corrected chi connectivity index (χ4v) is 1.45. The Hall–Kier alpha value is -1.82. The number of nitrogens with zero attached hydrogens (tertiary/aromatic N) is 1. The van der Waals surface area contributed by atoms with E-state index in [9.17, 15) is 4.79 Å². The molecule has 1 aromatic rings. The van der Waals surface area contributed by atoms with Crippen LogP contribution in [0.2, 0.25) is 0 Å². The SMILES string of the molecule is [C-]#[N+]c1ccc(C(=O)OCCCCCC)cc1. The molecule has 90 valence electrons. The van der Waals surface area contributed by atoms with E-state index in [-0.39, 0.29) is 5.97 Å². The molecule has 0 fully saturated rings. The van der Waals surface area contributed by atoms with E-state index in [2.05, 4.69) is 11.8 Å². The van der Waals surface area contributed by atoms with E-state index in [0.29, 0.717) is 17.9 Å². The summed E-state index contributed by atoms with van der Waals surface area (Å²) in [5, 5.41) is 0. The second-order valence-corrected chi connectivity index (χ2v) is 3.86. The van der Waals surface area contributed by atoms with Gasteiger partial charge < -0.3 is 4.74 Å². The van der Waals surface area contributed by atoms with Crippen LogP contribution >= 0.6 is 0 Å². The zero-order valence-corrected chi connectivity index (χ0v) is 10.1. The van der Waals surface area contributed by atoms with Crippen LogP contribution in [0.15, 0.2) is 24.3 Å². The lowest BCUT2D eigenvalue weighted by Crippen LogP contribution is -2.06. The highest BCUT2D eigenvalue weighted by Gasteiger charge is 2.06. The maximum atomic E-state index is 11.6. The molecule has 0 saturated heterocycles. The molecule has 1 rings (SSSR count). The fraction of sp³-hybridized carbons (Fsp3) is 0.429. The third-order valence-electron chi connectivity index (χ3n) is 2.46. The highest BCUT2D eigenvalue weighted by atomic mass is 16.5. The largest absolute Gasteiger partial charge is 0.462 e. The lowest BCUT2D eigenvalue weighted by atomic mass is 10.2. The number of ether oxygens (including phenoxy) is 1. The van der Waals surface area contributed by atoms with Gasteiger partial charge in [0.15, 0.2) is 5.69 Å². The molecule has 1 aromatic carbocycles. The molecule has 17 heavy (non-hydrogen) atoms. The highest BCUT2D eigenvalue weighted by molar-refractivity contribution is 5.89. The standard InChI is InChI=1S/C14H17NO2/c1-3-4-5-6-11-17-14(16)12-7-9-13(15-2)10-8-12/h7-10H,3-6,11H2,1H3. The molecule has 0 amide bonds. The van der Waals surface area contributed by atoms with Crippen molar-refractivity contribution in [3.63, 3.8) is 0 Å². The molecule has 0 N–H and O–H groups in total. The Morgan fingerprint density at radius 2 is 1.94 bits per heavy atom. The van der Waals surface area contributed by atoms with Crippen LogP contribution in [-0.2, 0) is 4.74 Å². The fourth-order valence-electron chi connectivity index (χ4n) is 1.45. The number of carbonyl (C=O) groups excluding carboxylic acids is 1. The molecule has 0 aliphatic carbocycles. The Morgan fingerprint density at radius 1 is 1.24 bits per heavy atom. The van der Waals surface area contributed by atoms with Gasteiger partial charge in [-0.3, -0.25) is 0 Å². The van der Waals surface area contributed by atoms with E-state index in [1.807, 2.05) is 0 Å². The molecule has 0 radical (unpaired) electrons. The van der Waals surface area contributed by atoms with Crippen molar-refractivity contribution in [1.82, 2.24) is 0 Å². The van der Waals surface area contributed by atoms with Crippen molar-refractivity contribution < 1.29 is 9.53 Å². The van der Waals surface area contributed by atoms with E-state index in [1.54, 1.807) is 24.3 Å². The van der Waals surface area contributed by atoms with Gasteiger partial charge >= 0.3 is 5.97 Å². The smallest absolute Gasteiger partial charge is 0.338 e. The minimum atomic E-state index is -0.307. The van der Waals surface area contributed by atoms with Gasteiger partial charge in [0.25, 0.3) is 0 Å². The van der Waals surface area contributed by atoms with Crippen LogP contribution in [0.4, 0.5) is 5.69 Å². The van der Waals surface area contributed by atoms with Crippen molar-refractivity contribution in [2.75, 3.05) is 6.61 Å². The molecule has 0 unspecified atom stereocenters. The third-order valence-corrected chi connectivity index (χ3v) is 2.46. The predicted molar refractivity (Wildman–Crippen MR) is 67.1 cm³/mol. The second-order valence-electron chi connectivity index (χ2n) is 3.86.